The van der Waals surface area contributed by atoms with Crippen LogP contribution in [0.5, 0.6) is 0 Å². The van der Waals surface area contributed by atoms with E-state index in [1.54, 1.807) is 0 Å². The van der Waals surface area contributed by atoms with E-state index in [0.717, 1.165) is 33.1 Å². The summed E-state index contributed by atoms with van der Waals surface area (Å²) >= 11 is 9.08. The minimum Gasteiger partial charge on any atom is -0.480 e. The highest BCUT2D eigenvalue weighted by molar-refractivity contribution is 8.12. The summed E-state index contributed by atoms with van der Waals surface area (Å²) in [5.41, 5.74) is 0. The zero-order valence-electron chi connectivity index (χ0n) is 7.29. The van der Waals surface area contributed by atoms with Crippen LogP contribution in [0.4, 0.5) is 0 Å². The third kappa shape index (κ3) is 7.36. The van der Waals surface area contributed by atoms with Crippen molar-refractivity contribution in [2.45, 2.75) is 25.3 Å². The molecule has 0 aliphatic heterocycles. The normalized spacial score (nSPS) is 11.4. The fourth-order valence-corrected chi connectivity index (χ4v) is 1.86. The first kappa shape index (κ1) is 13.9. The van der Waals surface area contributed by atoms with Crippen molar-refractivity contribution in [3.8, 4) is 0 Å². The number of carboxylic acid groups (broad SMARTS) is 1. The predicted octanol–water partition coefficient (Wildman–Crippen LogP) is 1.07. The van der Waals surface area contributed by atoms with Crippen molar-refractivity contribution in [2.24, 2.45) is 8.73 Å². The summed E-state index contributed by atoms with van der Waals surface area (Å²) in [6, 6.07) is -0.686. The van der Waals surface area contributed by atoms with Gasteiger partial charge < -0.3 is 5.11 Å². The minimum absolute atomic E-state index is 0.511. The van der Waals surface area contributed by atoms with Crippen LogP contribution in [0.25, 0.3) is 0 Å². The Bertz CT molecular complexity index is 282. The van der Waals surface area contributed by atoms with Crippen molar-refractivity contribution in [3.05, 3.63) is 0 Å². The molecular weight excluding hydrogens is 260 g/mol. The minimum atomic E-state index is -0.920. The van der Waals surface area contributed by atoms with Gasteiger partial charge in [0.05, 0.1) is 6.54 Å². The molecule has 0 radical (unpaired) electrons. The molecule has 0 aliphatic carbocycles. The zero-order valence-corrected chi connectivity index (χ0v) is 10.6. The lowest BCUT2D eigenvalue weighted by molar-refractivity contribution is -0.138. The predicted molar refractivity (Wildman–Crippen MR) is 64.5 cm³/mol. The number of hydrogen-bond acceptors (Lipinski definition) is 5. The first-order valence-corrected chi connectivity index (χ1v) is 7.29. The lowest BCUT2D eigenvalue weighted by Crippen LogP contribution is -2.17. The quantitative estimate of drug-likeness (QED) is 0.703. The third-order valence-corrected chi connectivity index (χ3v) is 2.69. The molecule has 0 rings (SSSR count). The largest absolute Gasteiger partial charge is 0.480 e. The second-order valence-electron chi connectivity index (χ2n) is 2.46. The van der Waals surface area contributed by atoms with Crippen molar-refractivity contribution >= 4 is 48.6 Å². The van der Waals surface area contributed by atoms with Crippen molar-refractivity contribution in [3.63, 3.8) is 0 Å². The van der Waals surface area contributed by atoms with Gasteiger partial charge in [0.1, 0.15) is 0 Å². The Labute approximate surface area is 98.9 Å². The van der Waals surface area contributed by atoms with E-state index in [0.29, 0.717) is 13.0 Å². The molecule has 14 heavy (non-hydrogen) atoms. The molecule has 0 aromatic heterocycles. The lowest BCUT2D eigenvalue weighted by atomic mass is 10.1. The first-order chi connectivity index (χ1) is 6.72. The van der Waals surface area contributed by atoms with Crippen LogP contribution >= 0.6 is 0 Å². The Morgan fingerprint density at radius 3 is 2.57 bits per heavy atom. The Morgan fingerprint density at radius 1 is 1.36 bits per heavy atom. The molecule has 0 amide bonds. The Kier molecular flexibility index (Phi) is 9.47. The van der Waals surface area contributed by atoms with Gasteiger partial charge in [-0.05, 0) is 19.3 Å². The molecular formula is C6H10N2O2S4. The van der Waals surface area contributed by atoms with Crippen molar-refractivity contribution in [1.82, 2.24) is 0 Å². The van der Waals surface area contributed by atoms with Crippen molar-refractivity contribution < 1.29 is 9.90 Å². The van der Waals surface area contributed by atoms with E-state index in [2.05, 4.69) is 31.1 Å². The molecule has 1 N–H and O–H groups in total. The van der Waals surface area contributed by atoms with Crippen molar-refractivity contribution in [2.75, 3.05) is 6.54 Å². The standard InChI is InChI=1S/C6H10N2O2S4/c9-6(10)5(8-14-12)3-1-2-4-7-13-11/h5H,1-4H2,(H,9,10). The Morgan fingerprint density at radius 2 is 2.07 bits per heavy atom. The molecule has 0 saturated heterocycles. The van der Waals surface area contributed by atoms with Crippen LogP contribution < -0.4 is 0 Å². The summed E-state index contributed by atoms with van der Waals surface area (Å²) in [5.74, 6) is -0.920. The first-order valence-electron chi connectivity index (χ1n) is 3.90. The Balaban J connectivity index is 3.77. The maximum Gasteiger partial charge on any atom is 0.329 e. The zero-order chi connectivity index (χ0) is 10.8. The molecule has 0 spiro atoms. The fraction of sp³-hybridized carbons (Fsp3) is 0.833. The molecule has 1 unspecified atom stereocenters. The molecule has 1 atom stereocenters. The monoisotopic (exact) mass is 270 g/mol. The van der Waals surface area contributed by atoms with Crippen LogP contribution in [0.2, 0.25) is 0 Å². The van der Waals surface area contributed by atoms with Crippen LogP contribution in [0.1, 0.15) is 19.3 Å². The van der Waals surface area contributed by atoms with E-state index in [4.69, 9.17) is 5.11 Å². The summed E-state index contributed by atoms with van der Waals surface area (Å²) in [5, 5.41) is 8.71. The van der Waals surface area contributed by atoms with Gasteiger partial charge in [-0.25, -0.2) is 13.5 Å². The molecule has 0 saturated carbocycles. The lowest BCUT2D eigenvalue weighted by Gasteiger charge is -2.03. The van der Waals surface area contributed by atoms with E-state index < -0.39 is 12.0 Å². The van der Waals surface area contributed by atoms with Gasteiger partial charge in [-0.3, -0.25) is 0 Å². The number of carbonyl (C=O) groups is 1. The highest BCUT2D eigenvalue weighted by atomic mass is 32.8. The third-order valence-electron chi connectivity index (χ3n) is 1.49. The molecule has 0 aromatic rings. The van der Waals surface area contributed by atoms with Crippen LogP contribution in [-0.2, 0) is 47.4 Å². The molecule has 0 aromatic carbocycles. The van der Waals surface area contributed by atoms with Gasteiger partial charge in [0.2, 0.25) is 0 Å². The second kappa shape index (κ2) is 9.50. The number of aliphatic carboxylic acids is 1. The summed E-state index contributed by atoms with van der Waals surface area (Å²) in [6.45, 7) is 0.668. The van der Waals surface area contributed by atoms with Crippen LogP contribution in [0.15, 0.2) is 8.73 Å². The number of carboxylic acids is 1. The molecule has 0 fully saturated rings. The van der Waals surface area contributed by atoms with Crippen LogP contribution in [0, 0.1) is 0 Å². The average molecular weight is 270 g/mol. The van der Waals surface area contributed by atoms with Gasteiger partial charge in [-0.15, -0.1) is 0 Å². The van der Waals surface area contributed by atoms with E-state index in [9.17, 15) is 4.79 Å². The van der Waals surface area contributed by atoms with Gasteiger partial charge in [-0.2, -0.15) is 0 Å². The molecule has 80 valence electrons. The van der Waals surface area contributed by atoms with Crippen LogP contribution in [0.3, 0.4) is 0 Å². The summed E-state index contributed by atoms with van der Waals surface area (Å²) in [4.78, 5) is 10.6. The molecule has 4 nitrogen and oxygen atoms in total. The number of unbranched alkanes of at least 4 members (excludes halogenated alkanes) is 1. The number of rotatable bonds is 7. The van der Waals surface area contributed by atoms with Crippen molar-refractivity contribution in [1.29, 1.82) is 0 Å². The molecule has 0 aliphatic rings. The van der Waals surface area contributed by atoms with E-state index in [-0.39, 0.29) is 0 Å². The molecule has 0 bridgehead atoms. The Hall–Kier alpha value is -0.0500. The second-order valence-corrected chi connectivity index (χ2v) is 4.12. The molecule has 0 heterocycles. The fourth-order valence-electron chi connectivity index (χ4n) is 0.825. The topological polar surface area (TPSA) is 62.0 Å². The SMILES string of the molecule is O=C(O)C(CCCCN=S=S)N=S=S. The van der Waals surface area contributed by atoms with Gasteiger partial charge in [0, 0.05) is 42.6 Å². The highest BCUT2D eigenvalue weighted by Gasteiger charge is 2.14. The van der Waals surface area contributed by atoms with E-state index >= 15 is 0 Å². The number of nitrogens with zero attached hydrogens (tertiary/aromatic N) is 2. The number of hydrogen-bond donors (Lipinski definition) is 1. The summed E-state index contributed by atoms with van der Waals surface area (Å²) in [6.07, 6.45) is 2.12. The van der Waals surface area contributed by atoms with E-state index in [1.165, 1.54) is 0 Å². The maximum absolute atomic E-state index is 10.6. The molecule has 8 heteroatoms. The van der Waals surface area contributed by atoms with Gasteiger partial charge in [0.25, 0.3) is 0 Å². The summed E-state index contributed by atoms with van der Waals surface area (Å²) < 4.78 is 7.60. The van der Waals surface area contributed by atoms with Gasteiger partial charge in [-0.1, -0.05) is 0 Å². The summed E-state index contributed by atoms with van der Waals surface area (Å²) in [7, 11) is 1.81. The van der Waals surface area contributed by atoms with Gasteiger partial charge in [0.15, 0.2) is 6.04 Å². The maximum atomic E-state index is 10.6. The van der Waals surface area contributed by atoms with E-state index in [1.807, 2.05) is 0 Å². The smallest absolute Gasteiger partial charge is 0.329 e. The van der Waals surface area contributed by atoms with Crippen LogP contribution in [-0.4, -0.2) is 23.7 Å². The average Bonchev–Trinajstić information content (AvgIpc) is 2.15. The van der Waals surface area contributed by atoms with Gasteiger partial charge >= 0.3 is 5.97 Å². The highest BCUT2D eigenvalue weighted by Crippen LogP contribution is 2.05.